The molecule has 0 radical (unpaired) electrons. The van der Waals surface area contributed by atoms with Crippen molar-refractivity contribution in [3.8, 4) is 0 Å². The van der Waals surface area contributed by atoms with Crippen molar-refractivity contribution in [3.05, 3.63) is 33.8 Å². The first kappa shape index (κ1) is 14.7. The Hall–Kier alpha value is -1.40. The molecule has 0 unspecified atom stereocenters. The zero-order chi connectivity index (χ0) is 13.7. The fourth-order valence-electron chi connectivity index (χ4n) is 1.36. The van der Waals surface area contributed by atoms with Crippen LogP contribution in [0, 0.1) is 6.92 Å². The number of aryl methyl sites for hydroxylation is 1. The largest absolute Gasteiger partial charge is 0.480 e. The molecule has 1 rings (SSSR count). The summed E-state index contributed by atoms with van der Waals surface area (Å²) < 4.78 is 0.782. The quantitative estimate of drug-likeness (QED) is 0.765. The number of nitrogens with one attached hydrogen (secondary N) is 1. The minimum atomic E-state index is -1.16. The fraction of sp³-hybridized carbons (Fsp3) is 0.333. The summed E-state index contributed by atoms with van der Waals surface area (Å²) in [5.41, 5.74) is 1.35. The smallest absolute Gasteiger partial charge is 0.326 e. The van der Waals surface area contributed by atoms with Crippen LogP contribution in [0.5, 0.6) is 0 Å². The minimum absolute atomic E-state index is 0.0197. The predicted octanol–water partition coefficient (Wildman–Crippen LogP) is 1.32. The average Bonchev–Trinajstić information content (AvgIpc) is 2.31. The number of halogens is 1. The van der Waals surface area contributed by atoms with Crippen molar-refractivity contribution in [2.45, 2.75) is 19.4 Å². The average molecular weight is 316 g/mol. The standard InChI is InChI=1S/C12H14BrNO4/c1-7-2-3-8(6-9(7)13)11(16)14-10(4-5-15)12(17)18/h2-3,6,10,15H,4-5H2,1H3,(H,14,16)(H,17,18)/t10-/m1/s1. The monoisotopic (exact) mass is 315 g/mol. The molecule has 5 nitrogen and oxygen atoms in total. The van der Waals surface area contributed by atoms with Gasteiger partial charge in [-0.2, -0.15) is 0 Å². The number of amides is 1. The third-order valence-corrected chi connectivity index (χ3v) is 3.31. The van der Waals surface area contributed by atoms with Gasteiger partial charge in [-0.1, -0.05) is 22.0 Å². The number of carbonyl (C=O) groups is 2. The first-order valence-corrected chi connectivity index (χ1v) is 6.15. The molecule has 0 saturated heterocycles. The summed E-state index contributed by atoms with van der Waals surface area (Å²) in [6.45, 7) is 1.59. The van der Waals surface area contributed by atoms with E-state index in [0.29, 0.717) is 5.56 Å². The molecule has 0 aliphatic rings. The molecule has 0 aliphatic carbocycles. The lowest BCUT2D eigenvalue weighted by Gasteiger charge is -2.13. The Morgan fingerprint density at radius 3 is 2.61 bits per heavy atom. The number of benzene rings is 1. The Balaban J connectivity index is 2.80. The van der Waals surface area contributed by atoms with Crippen molar-refractivity contribution >= 4 is 27.8 Å². The van der Waals surface area contributed by atoms with Crippen LogP contribution in [0.25, 0.3) is 0 Å². The molecule has 0 heterocycles. The lowest BCUT2D eigenvalue weighted by molar-refractivity contribution is -0.139. The van der Waals surface area contributed by atoms with Crippen molar-refractivity contribution < 1.29 is 19.8 Å². The van der Waals surface area contributed by atoms with Gasteiger partial charge in [-0.3, -0.25) is 4.79 Å². The highest BCUT2D eigenvalue weighted by atomic mass is 79.9. The van der Waals surface area contributed by atoms with Crippen LogP contribution in [-0.4, -0.2) is 34.7 Å². The van der Waals surface area contributed by atoms with Crippen molar-refractivity contribution in [3.63, 3.8) is 0 Å². The summed E-state index contributed by atoms with van der Waals surface area (Å²) in [5.74, 6) is -1.64. The molecule has 0 spiro atoms. The van der Waals surface area contributed by atoms with E-state index in [9.17, 15) is 9.59 Å². The highest BCUT2D eigenvalue weighted by Crippen LogP contribution is 2.17. The number of hydrogen-bond donors (Lipinski definition) is 3. The van der Waals surface area contributed by atoms with Crippen LogP contribution in [-0.2, 0) is 4.79 Å². The Morgan fingerprint density at radius 2 is 2.11 bits per heavy atom. The van der Waals surface area contributed by atoms with Crippen LogP contribution in [0.4, 0.5) is 0 Å². The number of aliphatic hydroxyl groups is 1. The number of hydrogen-bond acceptors (Lipinski definition) is 3. The number of carbonyl (C=O) groups excluding carboxylic acids is 1. The first-order valence-electron chi connectivity index (χ1n) is 5.36. The number of carboxylic acids is 1. The number of aliphatic hydroxyl groups excluding tert-OH is 1. The van der Waals surface area contributed by atoms with Crippen LogP contribution >= 0.6 is 15.9 Å². The summed E-state index contributed by atoms with van der Waals surface area (Å²) in [5, 5.41) is 20.0. The molecular formula is C12H14BrNO4. The first-order chi connectivity index (χ1) is 8.45. The molecule has 0 aliphatic heterocycles. The molecule has 1 atom stereocenters. The molecule has 1 aromatic carbocycles. The highest BCUT2D eigenvalue weighted by Gasteiger charge is 2.20. The molecule has 6 heteroatoms. The molecule has 1 amide bonds. The predicted molar refractivity (Wildman–Crippen MR) is 69.5 cm³/mol. The zero-order valence-corrected chi connectivity index (χ0v) is 11.4. The van der Waals surface area contributed by atoms with Gasteiger partial charge in [-0.05, 0) is 24.6 Å². The Kier molecular flexibility index (Phi) is 5.30. The lowest BCUT2D eigenvalue weighted by atomic mass is 10.1. The van der Waals surface area contributed by atoms with E-state index in [1.807, 2.05) is 6.92 Å². The highest BCUT2D eigenvalue weighted by molar-refractivity contribution is 9.10. The maximum absolute atomic E-state index is 11.8. The third-order valence-electron chi connectivity index (χ3n) is 2.46. The number of aliphatic carboxylic acids is 1. The number of rotatable bonds is 5. The second kappa shape index (κ2) is 6.51. The molecule has 0 saturated carbocycles. The van der Waals surface area contributed by atoms with E-state index >= 15 is 0 Å². The summed E-state index contributed by atoms with van der Waals surface area (Å²) >= 11 is 3.30. The van der Waals surface area contributed by atoms with Gasteiger partial charge in [0.1, 0.15) is 6.04 Å². The minimum Gasteiger partial charge on any atom is -0.480 e. The van der Waals surface area contributed by atoms with E-state index < -0.39 is 17.9 Å². The molecule has 1 aromatic rings. The van der Waals surface area contributed by atoms with Crippen LogP contribution in [0.2, 0.25) is 0 Å². The van der Waals surface area contributed by atoms with E-state index in [2.05, 4.69) is 21.2 Å². The van der Waals surface area contributed by atoms with Gasteiger partial charge in [0.15, 0.2) is 0 Å². The molecule has 3 N–H and O–H groups in total. The van der Waals surface area contributed by atoms with Crippen molar-refractivity contribution in [2.75, 3.05) is 6.61 Å². The van der Waals surface area contributed by atoms with Gasteiger partial charge < -0.3 is 15.5 Å². The normalized spacial score (nSPS) is 11.9. The summed E-state index contributed by atoms with van der Waals surface area (Å²) in [7, 11) is 0. The molecule has 98 valence electrons. The van der Waals surface area contributed by atoms with E-state index in [1.54, 1.807) is 18.2 Å². The maximum atomic E-state index is 11.8. The second-order valence-corrected chi connectivity index (χ2v) is 4.69. The third kappa shape index (κ3) is 3.82. The Bertz CT molecular complexity index is 461. The maximum Gasteiger partial charge on any atom is 0.326 e. The van der Waals surface area contributed by atoms with Crippen LogP contribution in [0.1, 0.15) is 22.3 Å². The van der Waals surface area contributed by atoms with E-state index in [4.69, 9.17) is 10.2 Å². The number of carboxylic acid groups (broad SMARTS) is 1. The summed E-state index contributed by atoms with van der Waals surface area (Å²) in [4.78, 5) is 22.7. The van der Waals surface area contributed by atoms with Gasteiger partial charge in [-0.25, -0.2) is 4.79 Å². The lowest BCUT2D eigenvalue weighted by Crippen LogP contribution is -2.41. The molecule has 18 heavy (non-hydrogen) atoms. The van der Waals surface area contributed by atoms with E-state index in [-0.39, 0.29) is 13.0 Å². The van der Waals surface area contributed by atoms with Gasteiger partial charge in [0, 0.05) is 23.1 Å². The van der Waals surface area contributed by atoms with Gasteiger partial charge in [-0.15, -0.1) is 0 Å². The zero-order valence-electron chi connectivity index (χ0n) is 9.81. The second-order valence-electron chi connectivity index (χ2n) is 3.84. The van der Waals surface area contributed by atoms with Crippen LogP contribution in [0.15, 0.2) is 22.7 Å². The van der Waals surface area contributed by atoms with Gasteiger partial charge in [0.05, 0.1) is 0 Å². The summed E-state index contributed by atoms with van der Waals surface area (Å²) in [6, 6.07) is 3.93. The molecule has 0 bridgehead atoms. The Labute approximate surface area is 113 Å². The molecule has 0 fully saturated rings. The van der Waals surface area contributed by atoms with Crippen molar-refractivity contribution in [2.24, 2.45) is 0 Å². The Morgan fingerprint density at radius 1 is 1.44 bits per heavy atom. The SMILES string of the molecule is Cc1ccc(C(=O)N[C@H](CCO)C(=O)O)cc1Br. The molecule has 0 aromatic heterocycles. The van der Waals surface area contributed by atoms with Gasteiger partial charge in [0.25, 0.3) is 5.91 Å². The topological polar surface area (TPSA) is 86.6 Å². The van der Waals surface area contributed by atoms with Crippen LogP contribution < -0.4 is 5.32 Å². The molecular weight excluding hydrogens is 302 g/mol. The van der Waals surface area contributed by atoms with Crippen LogP contribution in [0.3, 0.4) is 0 Å². The fourth-order valence-corrected chi connectivity index (χ4v) is 1.74. The van der Waals surface area contributed by atoms with Crippen molar-refractivity contribution in [1.29, 1.82) is 0 Å². The van der Waals surface area contributed by atoms with Gasteiger partial charge >= 0.3 is 5.97 Å². The summed E-state index contributed by atoms with van der Waals surface area (Å²) in [6.07, 6.45) is -0.0197. The van der Waals surface area contributed by atoms with Gasteiger partial charge in [0.2, 0.25) is 0 Å². The van der Waals surface area contributed by atoms with E-state index in [0.717, 1.165) is 10.0 Å². The van der Waals surface area contributed by atoms with Crippen molar-refractivity contribution in [1.82, 2.24) is 5.32 Å². The van der Waals surface area contributed by atoms with E-state index in [1.165, 1.54) is 0 Å².